The van der Waals surface area contributed by atoms with Crippen LogP contribution in [0.15, 0.2) is 65.2 Å². The zero-order valence-electron chi connectivity index (χ0n) is 13.9. The summed E-state index contributed by atoms with van der Waals surface area (Å²) in [4.78, 5) is 11.6. The minimum atomic E-state index is -3.83. The fraction of sp³-hybridized carbons (Fsp3) is 0.211. The second-order valence-electron chi connectivity index (χ2n) is 6.14. The van der Waals surface area contributed by atoms with E-state index >= 15 is 0 Å². The highest BCUT2D eigenvalue weighted by molar-refractivity contribution is 7.89. The van der Waals surface area contributed by atoms with Gasteiger partial charge >= 0.3 is 0 Å². The number of allylic oxidation sites excluding steroid dienone is 1. The van der Waals surface area contributed by atoms with Crippen LogP contribution < -0.4 is 0 Å². The highest BCUT2D eigenvalue weighted by Gasteiger charge is 2.42. The molecule has 3 rings (SSSR count). The van der Waals surface area contributed by atoms with E-state index < -0.39 is 21.9 Å². The summed E-state index contributed by atoms with van der Waals surface area (Å²) in [5.41, 5.74) is 1.93. The first-order valence-electron chi connectivity index (χ1n) is 7.87. The second kappa shape index (κ2) is 6.44. The molecule has 1 unspecified atom stereocenters. The number of sulfonamides is 1. The van der Waals surface area contributed by atoms with Gasteiger partial charge in [0, 0.05) is 18.2 Å². The second-order valence-corrected chi connectivity index (χ2v) is 7.95. The third-order valence-electron chi connectivity index (χ3n) is 4.15. The lowest BCUT2D eigenvalue weighted by Gasteiger charge is -2.44. The van der Waals surface area contributed by atoms with Crippen molar-refractivity contribution in [1.29, 1.82) is 0 Å². The number of hydrogen-bond donors (Lipinski definition) is 0. The lowest BCUT2D eigenvalue weighted by Crippen LogP contribution is -2.43. The van der Waals surface area contributed by atoms with Gasteiger partial charge in [-0.2, -0.15) is 0 Å². The standard InChI is InChI=1S/C19H18FNO3S/c1-13-6-8-18(9-7-13)25(23,24)21-17(10-14(2)22)12-19(21)15-4-3-5-16(20)11-15/h3-11,19H,12H2,1-2H3/b17-10+. The van der Waals surface area contributed by atoms with Crippen LogP contribution >= 0.6 is 0 Å². The van der Waals surface area contributed by atoms with E-state index in [1.807, 2.05) is 6.92 Å². The van der Waals surface area contributed by atoms with Crippen LogP contribution in [0, 0.1) is 12.7 Å². The topological polar surface area (TPSA) is 54.5 Å². The van der Waals surface area contributed by atoms with Gasteiger partial charge in [0.05, 0.1) is 10.9 Å². The molecule has 1 fully saturated rings. The quantitative estimate of drug-likeness (QED) is 0.782. The van der Waals surface area contributed by atoms with E-state index in [0.717, 1.165) is 5.56 Å². The summed E-state index contributed by atoms with van der Waals surface area (Å²) >= 11 is 0. The maximum absolute atomic E-state index is 13.5. The first-order chi connectivity index (χ1) is 11.8. The van der Waals surface area contributed by atoms with Gasteiger partial charge < -0.3 is 0 Å². The summed E-state index contributed by atoms with van der Waals surface area (Å²) in [6, 6.07) is 11.9. The predicted octanol–water partition coefficient (Wildman–Crippen LogP) is 3.74. The number of rotatable bonds is 4. The van der Waals surface area contributed by atoms with Gasteiger partial charge in [-0.25, -0.2) is 12.8 Å². The van der Waals surface area contributed by atoms with E-state index in [0.29, 0.717) is 17.7 Å². The van der Waals surface area contributed by atoms with Crippen molar-refractivity contribution in [3.8, 4) is 0 Å². The molecule has 1 aliphatic heterocycles. The summed E-state index contributed by atoms with van der Waals surface area (Å²) in [5.74, 6) is -0.647. The van der Waals surface area contributed by atoms with Crippen LogP contribution in [-0.2, 0) is 14.8 Å². The van der Waals surface area contributed by atoms with Gasteiger partial charge in [0.15, 0.2) is 5.78 Å². The number of carbonyl (C=O) groups excluding carboxylic acids is 1. The molecule has 6 heteroatoms. The van der Waals surface area contributed by atoms with Crippen LogP contribution in [0.2, 0.25) is 0 Å². The average molecular weight is 359 g/mol. The number of aryl methyl sites for hydroxylation is 1. The van der Waals surface area contributed by atoms with Gasteiger partial charge in [0.25, 0.3) is 10.0 Å². The van der Waals surface area contributed by atoms with Gasteiger partial charge in [-0.3, -0.25) is 9.10 Å². The fourth-order valence-electron chi connectivity index (χ4n) is 2.93. The van der Waals surface area contributed by atoms with Gasteiger partial charge in [-0.15, -0.1) is 0 Å². The minimum Gasteiger partial charge on any atom is -0.295 e. The largest absolute Gasteiger partial charge is 0.295 e. The molecule has 0 radical (unpaired) electrons. The monoisotopic (exact) mass is 359 g/mol. The lowest BCUT2D eigenvalue weighted by molar-refractivity contribution is -0.112. The molecule has 1 saturated heterocycles. The normalized spacial score (nSPS) is 18.9. The molecule has 2 aromatic carbocycles. The van der Waals surface area contributed by atoms with Crippen LogP contribution in [0.5, 0.6) is 0 Å². The molecule has 0 amide bonds. The predicted molar refractivity (Wildman–Crippen MR) is 92.7 cm³/mol. The molecule has 1 atom stereocenters. The Bertz CT molecular complexity index is 949. The fourth-order valence-corrected chi connectivity index (χ4v) is 4.60. The molecule has 0 saturated carbocycles. The van der Waals surface area contributed by atoms with Crippen LogP contribution in [0.1, 0.15) is 30.5 Å². The third-order valence-corrected chi connectivity index (χ3v) is 6.02. The molecule has 0 aromatic heterocycles. The van der Waals surface area contributed by atoms with Crippen LogP contribution in [0.3, 0.4) is 0 Å². The van der Waals surface area contributed by atoms with Crippen molar-refractivity contribution < 1.29 is 17.6 Å². The third kappa shape index (κ3) is 3.35. The average Bonchev–Trinajstić information content (AvgIpc) is 2.50. The van der Waals surface area contributed by atoms with Crippen LogP contribution in [0.4, 0.5) is 4.39 Å². The maximum Gasteiger partial charge on any atom is 0.264 e. The molecule has 130 valence electrons. The zero-order valence-corrected chi connectivity index (χ0v) is 14.8. The summed E-state index contributed by atoms with van der Waals surface area (Å²) < 4.78 is 40.9. The Morgan fingerprint density at radius 3 is 2.48 bits per heavy atom. The molecular weight excluding hydrogens is 341 g/mol. The van der Waals surface area contributed by atoms with E-state index in [1.54, 1.807) is 24.3 Å². The first kappa shape index (κ1) is 17.4. The molecule has 2 aromatic rings. The number of hydrogen-bond acceptors (Lipinski definition) is 3. The van der Waals surface area contributed by atoms with Crippen molar-refractivity contribution >= 4 is 15.8 Å². The SMILES string of the molecule is CC(=O)/C=C1\CC(c2cccc(F)c2)N1S(=O)(=O)c1ccc(C)cc1. The van der Waals surface area contributed by atoms with Gasteiger partial charge in [-0.1, -0.05) is 29.8 Å². The van der Waals surface area contributed by atoms with Crippen LogP contribution in [0.25, 0.3) is 0 Å². The summed E-state index contributed by atoms with van der Waals surface area (Å²) in [6.45, 7) is 3.25. The van der Waals surface area contributed by atoms with E-state index in [2.05, 4.69) is 0 Å². The van der Waals surface area contributed by atoms with Crippen molar-refractivity contribution in [3.05, 3.63) is 77.2 Å². The summed E-state index contributed by atoms with van der Waals surface area (Å²) in [6.07, 6.45) is 1.69. The smallest absolute Gasteiger partial charge is 0.264 e. The minimum absolute atomic E-state index is 0.147. The van der Waals surface area contributed by atoms with Gasteiger partial charge in [-0.05, 0) is 43.7 Å². The van der Waals surface area contributed by atoms with Crippen molar-refractivity contribution in [1.82, 2.24) is 4.31 Å². The van der Waals surface area contributed by atoms with E-state index in [-0.39, 0.29) is 10.7 Å². The molecule has 1 aliphatic rings. The van der Waals surface area contributed by atoms with Crippen molar-refractivity contribution in [2.24, 2.45) is 0 Å². The number of carbonyl (C=O) groups is 1. The number of ketones is 1. The summed E-state index contributed by atoms with van der Waals surface area (Å²) in [5, 5.41) is 0. The van der Waals surface area contributed by atoms with Gasteiger partial charge in [0.2, 0.25) is 0 Å². The Hall–Kier alpha value is -2.47. The Labute approximate surface area is 146 Å². The van der Waals surface area contributed by atoms with E-state index in [9.17, 15) is 17.6 Å². The highest BCUT2D eigenvalue weighted by Crippen LogP contribution is 2.45. The Morgan fingerprint density at radius 1 is 1.20 bits per heavy atom. The lowest BCUT2D eigenvalue weighted by atomic mass is 9.94. The summed E-state index contributed by atoms with van der Waals surface area (Å²) in [7, 11) is -3.83. The van der Waals surface area contributed by atoms with Crippen LogP contribution in [-0.4, -0.2) is 18.5 Å². The molecular formula is C19H18FNO3S. The number of benzene rings is 2. The van der Waals surface area contributed by atoms with E-state index in [4.69, 9.17) is 0 Å². The number of halogens is 1. The first-order valence-corrected chi connectivity index (χ1v) is 9.31. The van der Waals surface area contributed by atoms with Crippen molar-refractivity contribution in [3.63, 3.8) is 0 Å². The van der Waals surface area contributed by atoms with E-state index in [1.165, 1.54) is 41.6 Å². The molecule has 25 heavy (non-hydrogen) atoms. The maximum atomic E-state index is 13.5. The Kier molecular flexibility index (Phi) is 4.47. The Morgan fingerprint density at radius 2 is 1.88 bits per heavy atom. The van der Waals surface area contributed by atoms with Crippen molar-refractivity contribution in [2.75, 3.05) is 0 Å². The molecule has 0 spiro atoms. The molecule has 0 N–H and O–H groups in total. The molecule has 1 heterocycles. The van der Waals surface area contributed by atoms with Gasteiger partial charge in [0.1, 0.15) is 5.82 Å². The molecule has 0 aliphatic carbocycles. The Balaban J connectivity index is 2.05. The number of nitrogens with zero attached hydrogens (tertiary/aromatic N) is 1. The molecule has 0 bridgehead atoms. The molecule has 4 nitrogen and oxygen atoms in total. The zero-order chi connectivity index (χ0) is 18.2. The van der Waals surface area contributed by atoms with Crippen molar-refractivity contribution in [2.45, 2.75) is 31.2 Å². The highest BCUT2D eigenvalue weighted by atomic mass is 32.2.